The molecule has 0 amide bonds. The van der Waals surface area contributed by atoms with E-state index in [0.717, 1.165) is 19.3 Å². The number of ketones is 1. The number of nitrogens with zero attached hydrogens (tertiary/aromatic N) is 1. The van der Waals surface area contributed by atoms with Gasteiger partial charge in [0.25, 0.3) is 0 Å². The highest BCUT2D eigenvalue weighted by Gasteiger charge is 2.33. The van der Waals surface area contributed by atoms with Crippen molar-refractivity contribution in [3.05, 3.63) is 35.9 Å². The maximum atomic E-state index is 12.3. The Morgan fingerprint density at radius 2 is 1.89 bits per heavy atom. The van der Waals surface area contributed by atoms with Crippen LogP contribution in [0.1, 0.15) is 56.3 Å². The van der Waals surface area contributed by atoms with Crippen LogP contribution in [0, 0.1) is 16.7 Å². The van der Waals surface area contributed by atoms with Gasteiger partial charge in [0.1, 0.15) is 5.41 Å². The Morgan fingerprint density at radius 1 is 1.22 bits per heavy atom. The van der Waals surface area contributed by atoms with Gasteiger partial charge in [-0.1, -0.05) is 62.9 Å². The summed E-state index contributed by atoms with van der Waals surface area (Å²) in [4.78, 5) is 12.3. The highest BCUT2D eigenvalue weighted by atomic mass is 16.1. The van der Waals surface area contributed by atoms with E-state index in [1.54, 1.807) is 19.1 Å². The lowest BCUT2D eigenvalue weighted by Crippen LogP contribution is -2.26. The molecule has 0 aliphatic carbocycles. The third-order valence-corrected chi connectivity index (χ3v) is 3.31. The molecular weight excluding hydrogens is 222 g/mol. The summed E-state index contributed by atoms with van der Waals surface area (Å²) in [6.07, 6.45) is 5.01. The summed E-state index contributed by atoms with van der Waals surface area (Å²) < 4.78 is 0. The van der Waals surface area contributed by atoms with Crippen LogP contribution < -0.4 is 0 Å². The van der Waals surface area contributed by atoms with Gasteiger partial charge in [-0.05, 0) is 13.3 Å². The number of nitriles is 1. The number of benzene rings is 1. The molecule has 0 heterocycles. The van der Waals surface area contributed by atoms with E-state index in [1.165, 1.54) is 6.42 Å². The lowest BCUT2D eigenvalue weighted by atomic mass is 9.79. The van der Waals surface area contributed by atoms with Crippen molar-refractivity contribution in [3.63, 3.8) is 0 Å². The number of rotatable bonds is 7. The summed E-state index contributed by atoms with van der Waals surface area (Å²) in [5, 5.41) is 9.30. The van der Waals surface area contributed by atoms with Gasteiger partial charge in [0.15, 0.2) is 5.78 Å². The summed E-state index contributed by atoms with van der Waals surface area (Å²) in [6, 6.07) is 11.3. The van der Waals surface area contributed by atoms with Crippen molar-refractivity contribution in [1.82, 2.24) is 0 Å². The SMILES string of the molecule is CCCCCCC(C)(C#N)C(=O)c1ccccc1. The van der Waals surface area contributed by atoms with Crippen molar-refractivity contribution in [3.8, 4) is 6.07 Å². The van der Waals surface area contributed by atoms with Crippen LogP contribution in [-0.2, 0) is 0 Å². The fraction of sp³-hybridized carbons (Fsp3) is 0.500. The smallest absolute Gasteiger partial charge is 0.182 e. The molecule has 1 aromatic rings. The Bertz CT molecular complexity index is 418. The lowest BCUT2D eigenvalue weighted by Gasteiger charge is -2.19. The molecule has 2 heteroatoms. The van der Waals surface area contributed by atoms with Crippen LogP contribution in [0.25, 0.3) is 0 Å². The standard InChI is InChI=1S/C16H21NO/c1-3-4-5-9-12-16(2,13-17)15(18)14-10-7-6-8-11-14/h6-8,10-11H,3-5,9,12H2,1-2H3. The minimum atomic E-state index is -0.880. The molecule has 1 aromatic carbocycles. The molecular formula is C16H21NO. The third-order valence-electron chi connectivity index (χ3n) is 3.31. The second-order valence-electron chi connectivity index (χ2n) is 4.95. The van der Waals surface area contributed by atoms with E-state index >= 15 is 0 Å². The van der Waals surface area contributed by atoms with Crippen LogP contribution in [0.5, 0.6) is 0 Å². The van der Waals surface area contributed by atoms with E-state index in [1.807, 2.05) is 18.2 Å². The molecule has 0 aromatic heterocycles. The Kier molecular flexibility index (Phi) is 5.58. The normalized spacial score (nSPS) is 13.6. The molecule has 2 nitrogen and oxygen atoms in total. The molecule has 0 aliphatic rings. The lowest BCUT2D eigenvalue weighted by molar-refractivity contribution is 0.0864. The first-order valence-corrected chi connectivity index (χ1v) is 6.65. The largest absolute Gasteiger partial charge is 0.292 e. The summed E-state index contributed by atoms with van der Waals surface area (Å²) in [6.45, 7) is 3.91. The molecule has 1 atom stereocenters. The van der Waals surface area contributed by atoms with E-state index in [-0.39, 0.29) is 5.78 Å². The third kappa shape index (κ3) is 3.70. The topological polar surface area (TPSA) is 40.9 Å². The Hall–Kier alpha value is -1.62. The minimum absolute atomic E-state index is 0.0536. The quantitative estimate of drug-likeness (QED) is 0.527. The van der Waals surface area contributed by atoms with Crippen LogP contribution >= 0.6 is 0 Å². The summed E-state index contributed by atoms with van der Waals surface area (Å²) in [5.41, 5.74) is -0.244. The predicted octanol–water partition coefficient (Wildman–Crippen LogP) is 4.37. The van der Waals surface area contributed by atoms with Gasteiger partial charge in [-0.15, -0.1) is 0 Å². The predicted molar refractivity (Wildman–Crippen MR) is 73.3 cm³/mol. The van der Waals surface area contributed by atoms with E-state index in [9.17, 15) is 10.1 Å². The zero-order chi connectivity index (χ0) is 13.4. The van der Waals surface area contributed by atoms with Gasteiger partial charge < -0.3 is 0 Å². The van der Waals surface area contributed by atoms with Crippen LogP contribution in [0.2, 0.25) is 0 Å². The summed E-state index contributed by atoms with van der Waals surface area (Å²) in [7, 11) is 0. The Balaban J connectivity index is 2.70. The molecule has 0 fully saturated rings. The van der Waals surface area contributed by atoms with E-state index in [4.69, 9.17) is 0 Å². The molecule has 18 heavy (non-hydrogen) atoms. The number of carbonyl (C=O) groups excluding carboxylic acids is 1. The second kappa shape index (κ2) is 6.96. The van der Waals surface area contributed by atoms with E-state index < -0.39 is 5.41 Å². The Labute approximate surface area is 110 Å². The number of unbranched alkanes of at least 4 members (excludes halogenated alkanes) is 3. The van der Waals surface area contributed by atoms with Gasteiger partial charge >= 0.3 is 0 Å². The molecule has 1 rings (SSSR count). The van der Waals surface area contributed by atoms with Crippen molar-refractivity contribution < 1.29 is 4.79 Å². The van der Waals surface area contributed by atoms with Crippen LogP contribution in [0.3, 0.4) is 0 Å². The maximum Gasteiger partial charge on any atom is 0.182 e. The maximum absolute atomic E-state index is 12.3. The highest BCUT2D eigenvalue weighted by molar-refractivity contribution is 6.01. The van der Waals surface area contributed by atoms with Crippen molar-refractivity contribution in [2.45, 2.75) is 46.0 Å². The first-order valence-electron chi connectivity index (χ1n) is 6.65. The molecule has 96 valence electrons. The molecule has 0 saturated carbocycles. The molecule has 0 saturated heterocycles. The van der Waals surface area contributed by atoms with Gasteiger partial charge in [0.2, 0.25) is 0 Å². The van der Waals surface area contributed by atoms with E-state index in [2.05, 4.69) is 13.0 Å². The molecule has 0 spiro atoms. The Morgan fingerprint density at radius 3 is 2.44 bits per heavy atom. The number of hydrogen-bond acceptors (Lipinski definition) is 2. The van der Waals surface area contributed by atoms with Crippen molar-refractivity contribution >= 4 is 5.78 Å². The number of carbonyl (C=O) groups is 1. The summed E-state index contributed by atoms with van der Waals surface area (Å²) >= 11 is 0. The molecule has 0 radical (unpaired) electrons. The van der Waals surface area contributed by atoms with Gasteiger partial charge in [-0.25, -0.2) is 0 Å². The fourth-order valence-corrected chi connectivity index (χ4v) is 2.03. The highest BCUT2D eigenvalue weighted by Crippen LogP contribution is 2.28. The van der Waals surface area contributed by atoms with Crippen molar-refractivity contribution in [1.29, 1.82) is 5.26 Å². The fourth-order valence-electron chi connectivity index (χ4n) is 2.03. The minimum Gasteiger partial charge on any atom is -0.292 e. The molecule has 0 N–H and O–H groups in total. The van der Waals surface area contributed by atoms with Crippen molar-refractivity contribution in [2.24, 2.45) is 5.41 Å². The first kappa shape index (κ1) is 14.4. The van der Waals surface area contributed by atoms with Crippen LogP contribution in [0.4, 0.5) is 0 Å². The van der Waals surface area contributed by atoms with Gasteiger partial charge in [-0.3, -0.25) is 4.79 Å². The second-order valence-corrected chi connectivity index (χ2v) is 4.95. The summed E-state index contributed by atoms with van der Waals surface area (Å²) in [5.74, 6) is -0.0536. The van der Waals surface area contributed by atoms with Crippen LogP contribution in [0.15, 0.2) is 30.3 Å². The number of hydrogen-bond donors (Lipinski definition) is 0. The molecule has 0 bridgehead atoms. The zero-order valence-electron chi connectivity index (χ0n) is 11.3. The molecule has 1 unspecified atom stereocenters. The van der Waals surface area contributed by atoms with Gasteiger partial charge in [-0.2, -0.15) is 5.26 Å². The zero-order valence-corrected chi connectivity index (χ0v) is 11.3. The average molecular weight is 243 g/mol. The number of Topliss-reactive ketones (excluding diaryl/α,β-unsaturated/α-hetero) is 1. The van der Waals surface area contributed by atoms with E-state index in [0.29, 0.717) is 12.0 Å². The average Bonchev–Trinajstić information content (AvgIpc) is 2.43. The molecule has 0 aliphatic heterocycles. The first-order chi connectivity index (χ1) is 8.64. The van der Waals surface area contributed by atoms with Crippen LogP contribution in [-0.4, -0.2) is 5.78 Å². The van der Waals surface area contributed by atoms with Gasteiger partial charge in [0, 0.05) is 5.56 Å². The van der Waals surface area contributed by atoms with Gasteiger partial charge in [0.05, 0.1) is 6.07 Å². The monoisotopic (exact) mass is 243 g/mol. The van der Waals surface area contributed by atoms with Crippen molar-refractivity contribution in [2.75, 3.05) is 0 Å².